The second kappa shape index (κ2) is 7.64. The molecule has 0 aromatic heterocycles. The molecule has 7 heteroatoms. The molecular weight excluding hydrogens is 318 g/mol. The summed E-state index contributed by atoms with van der Waals surface area (Å²) in [6.45, 7) is 3.55. The number of esters is 1. The van der Waals surface area contributed by atoms with E-state index in [-0.39, 0.29) is 24.3 Å². The maximum absolute atomic E-state index is 12.1. The van der Waals surface area contributed by atoms with Gasteiger partial charge in [-0.15, -0.1) is 6.58 Å². The summed E-state index contributed by atoms with van der Waals surface area (Å²) < 4.78 is 9.71. The lowest BCUT2D eigenvalue weighted by Crippen LogP contribution is -2.27. The number of carbonyl (C=O) groups excluding carboxylic acids is 3. The van der Waals surface area contributed by atoms with E-state index in [1.165, 1.54) is 13.2 Å². The maximum atomic E-state index is 12.1. The van der Waals surface area contributed by atoms with Crippen LogP contribution in [0.2, 0.25) is 0 Å². The lowest BCUT2D eigenvalue weighted by atomic mass is 10.2. The standard InChI is InChI=1S/C16H15NO5S/c1-3-8-17-15(19)13(23-16(17)20)9-11-4-6-12(7-5-11)22-10-14(18)21-2/h3-7,9H,1,8,10H2,2H3. The molecule has 1 aromatic carbocycles. The molecule has 120 valence electrons. The van der Waals surface area contributed by atoms with Gasteiger partial charge in [0, 0.05) is 6.54 Å². The minimum atomic E-state index is -0.468. The maximum Gasteiger partial charge on any atom is 0.343 e. The van der Waals surface area contributed by atoms with Gasteiger partial charge in [-0.25, -0.2) is 4.79 Å². The lowest BCUT2D eigenvalue weighted by Gasteiger charge is -2.07. The summed E-state index contributed by atoms with van der Waals surface area (Å²) in [5, 5.41) is -0.306. The number of thioether (sulfide) groups is 1. The van der Waals surface area contributed by atoms with Crippen LogP contribution < -0.4 is 4.74 Å². The third-order valence-electron chi connectivity index (χ3n) is 2.95. The van der Waals surface area contributed by atoms with E-state index in [1.807, 2.05) is 0 Å². The fourth-order valence-corrected chi connectivity index (χ4v) is 2.65. The molecule has 0 spiro atoms. The number of methoxy groups -OCH3 is 1. The van der Waals surface area contributed by atoms with Crippen molar-refractivity contribution in [1.82, 2.24) is 4.90 Å². The molecule has 2 amide bonds. The predicted octanol–water partition coefficient (Wildman–Crippen LogP) is 2.46. The topological polar surface area (TPSA) is 72.9 Å². The molecule has 0 unspecified atom stereocenters. The van der Waals surface area contributed by atoms with Gasteiger partial charge in [0.05, 0.1) is 12.0 Å². The van der Waals surface area contributed by atoms with Gasteiger partial charge in [-0.05, 0) is 35.5 Å². The number of imide groups is 1. The highest BCUT2D eigenvalue weighted by Gasteiger charge is 2.33. The van der Waals surface area contributed by atoms with Crippen molar-refractivity contribution in [2.45, 2.75) is 0 Å². The Morgan fingerprint density at radius 1 is 1.30 bits per heavy atom. The second-order valence-corrected chi connectivity index (χ2v) is 5.51. The number of hydrogen-bond donors (Lipinski definition) is 0. The fraction of sp³-hybridized carbons (Fsp3) is 0.188. The van der Waals surface area contributed by atoms with Crippen molar-refractivity contribution in [3.8, 4) is 5.75 Å². The summed E-state index contributed by atoms with van der Waals surface area (Å²) in [7, 11) is 1.29. The van der Waals surface area contributed by atoms with Crippen LogP contribution in [0.15, 0.2) is 41.8 Å². The largest absolute Gasteiger partial charge is 0.482 e. The molecule has 1 aliphatic heterocycles. The Kier molecular flexibility index (Phi) is 5.59. The Labute approximate surface area is 137 Å². The Morgan fingerprint density at radius 2 is 2.00 bits per heavy atom. The molecule has 2 rings (SSSR count). The van der Waals surface area contributed by atoms with Gasteiger partial charge in [-0.2, -0.15) is 0 Å². The summed E-state index contributed by atoms with van der Waals surface area (Å²) >= 11 is 0.896. The minimum Gasteiger partial charge on any atom is -0.482 e. The molecule has 0 N–H and O–H groups in total. The van der Waals surface area contributed by atoms with E-state index >= 15 is 0 Å². The van der Waals surface area contributed by atoms with Crippen LogP contribution in [0, 0.1) is 0 Å². The molecule has 1 saturated heterocycles. The average molecular weight is 333 g/mol. The minimum absolute atomic E-state index is 0.170. The second-order valence-electron chi connectivity index (χ2n) is 4.51. The third-order valence-corrected chi connectivity index (χ3v) is 3.85. The number of nitrogens with zero attached hydrogens (tertiary/aromatic N) is 1. The van der Waals surface area contributed by atoms with Gasteiger partial charge in [-0.1, -0.05) is 18.2 Å². The summed E-state index contributed by atoms with van der Waals surface area (Å²) in [4.78, 5) is 36.3. The van der Waals surface area contributed by atoms with E-state index in [0.717, 1.165) is 22.2 Å². The molecule has 0 saturated carbocycles. The predicted molar refractivity (Wildman–Crippen MR) is 86.8 cm³/mol. The first-order valence-corrected chi connectivity index (χ1v) is 7.52. The van der Waals surface area contributed by atoms with Crippen molar-refractivity contribution < 1.29 is 23.9 Å². The summed E-state index contributed by atoms with van der Waals surface area (Å²) in [5.74, 6) is -0.289. The smallest absolute Gasteiger partial charge is 0.343 e. The number of amides is 2. The van der Waals surface area contributed by atoms with Crippen LogP contribution in [0.3, 0.4) is 0 Å². The number of ether oxygens (including phenoxy) is 2. The van der Waals surface area contributed by atoms with Gasteiger partial charge in [-0.3, -0.25) is 14.5 Å². The van der Waals surface area contributed by atoms with Gasteiger partial charge in [0.15, 0.2) is 6.61 Å². The zero-order valence-electron chi connectivity index (χ0n) is 12.5. The summed E-state index contributed by atoms with van der Waals surface area (Å²) in [6.07, 6.45) is 3.14. The Balaban J connectivity index is 2.05. The monoisotopic (exact) mass is 333 g/mol. The molecule has 1 heterocycles. The fourth-order valence-electron chi connectivity index (χ4n) is 1.80. The first-order valence-electron chi connectivity index (χ1n) is 6.71. The molecule has 1 aromatic rings. The van der Waals surface area contributed by atoms with Crippen LogP contribution >= 0.6 is 11.8 Å². The molecule has 1 fully saturated rings. The molecule has 1 aliphatic rings. The number of benzene rings is 1. The molecule has 6 nitrogen and oxygen atoms in total. The van der Waals surface area contributed by atoms with E-state index in [0.29, 0.717) is 10.7 Å². The Morgan fingerprint density at radius 3 is 2.61 bits per heavy atom. The Hall–Kier alpha value is -2.54. The lowest BCUT2D eigenvalue weighted by molar-refractivity contribution is -0.142. The van der Waals surface area contributed by atoms with Crippen LogP contribution in [0.25, 0.3) is 6.08 Å². The summed E-state index contributed by atoms with van der Waals surface area (Å²) in [6, 6.07) is 6.80. The molecule has 0 atom stereocenters. The SMILES string of the molecule is C=CCN1C(=O)SC(=Cc2ccc(OCC(=O)OC)cc2)C1=O. The first kappa shape index (κ1) is 16.8. The van der Waals surface area contributed by atoms with Crippen molar-refractivity contribution in [1.29, 1.82) is 0 Å². The highest BCUT2D eigenvalue weighted by atomic mass is 32.2. The van der Waals surface area contributed by atoms with E-state index in [4.69, 9.17) is 4.74 Å². The molecule has 0 radical (unpaired) electrons. The summed E-state index contributed by atoms with van der Waals surface area (Å²) in [5.41, 5.74) is 0.750. The van der Waals surface area contributed by atoms with Crippen molar-refractivity contribution in [3.05, 3.63) is 47.4 Å². The van der Waals surface area contributed by atoms with Gasteiger partial charge in [0.2, 0.25) is 0 Å². The van der Waals surface area contributed by atoms with Crippen LogP contribution in [-0.2, 0) is 14.3 Å². The highest BCUT2D eigenvalue weighted by Crippen LogP contribution is 2.32. The number of rotatable bonds is 6. The van der Waals surface area contributed by atoms with Gasteiger partial charge in [0.25, 0.3) is 11.1 Å². The molecule has 0 aliphatic carbocycles. The van der Waals surface area contributed by atoms with E-state index < -0.39 is 5.97 Å². The van der Waals surface area contributed by atoms with Crippen LogP contribution in [0.5, 0.6) is 5.75 Å². The molecular formula is C16H15NO5S. The van der Waals surface area contributed by atoms with Gasteiger partial charge in [0.1, 0.15) is 5.75 Å². The number of carbonyl (C=O) groups is 3. The molecule has 0 bridgehead atoms. The van der Waals surface area contributed by atoms with Crippen molar-refractivity contribution in [2.24, 2.45) is 0 Å². The zero-order chi connectivity index (χ0) is 16.8. The van der Waals surface area contributed by atoms with E-state index in [2.05, 4.69) is 11.3 Å². The zero-order valence-corrected chi connectivity index (χ0v) is 13.3. The van der Waals surface area contributed by atoms with Crippen LogP contribution in [0.1, 0.15) is 5.56 Å². The van der Waals surface area contributed by atoms with Crippen molar-refractivity contribution in [2.75, 3.05) is 20.3 Å². The Bertz CT molecular complexity index is 666. The first-order chi connectivity index (χ1) is 11.0. The third kappa shape index (κ3) is 4.23. The van der Waals surface area contributed by atoms with Gasteiger partial charge < -0.3 is 9.47 Å². The van der Waals surface area contributed by atoms with E-state index in [9.17, 15) is 14.4 Å². The van der Waals surface area contributed by atoms with E-state index in [1.54, 1.807) is 30.3 Å². The van der Waals surface area contributed by atoms with Crippen molar-refractivity contribution in [3.63, 3.8) is 0 Å². The van der Waals surface area contributed by atoms with Gasteiger partial charge >= 0.3 is 5.97 Å². The number of hydrogen-bond acceptors (Lipinski definition) is 6. The van der Waals surface area contributed by atoms with Crippen LogP contribution in [-0.4, -0.2) is 42.3 Å². The highest BCUT2D eigenvalue weighted by molar-refractivity contribution is 8.18. The van der Waals surface area contributed by atoms with Crippen molar-refractivity contribution >= 4 is 35.0 Å². The molecule has 23 heavy (non-hydrogen) atoms. The normalized spacial score (nSPS) is 15.9. The van der Waals surface area contributed by atoms with Crippen LogP contribution in [0.4, 0.5) is 4.79 Å². The average Bonchev–Trinajstić information content (AvgIpc) is 2.82. The quantitative estimate of drug-likeness (QED) is 0.452.